The van der Waals surface area contributed by atoms with Gasteiger partial charge < -0.3 is 9.72 Å². The van der Waals surface area contributed by atoms with Crippen molar-refractivity contribution in [3.8, 4) is 0 Å². The van der Waals surface area contributed by atoms with Gasteiger partial charge in [0.25, 0.3) is 5.56 Å². The van der Waals surface area contributed by atoms with Crippen LogP contribution in [0, 0.1) is 5.92 Å². The molecule has 0 amide bonds. The number of H-pyrrole nitrogens is 1. The summed E-state index contributed by atoms with van der Waals surface area (Å²) in [7, 11) is 0. The molecule has 0 unspecified atom stereocenters. The second-order valence-corrected chi connectivity index (χ2v) is 4.49. The number of nitrogens with one attached hydrogen (secondary N) is 1. The van der Waals surface area contributed by atoms with Gasteiger partial charge in [0.1, 0.15) is 0 Å². The number of ether oxygens (including phenoxy) is 1. The van der Waals surface area contributed by atoms with Crippen LogP contribution in [0.25, 0.3) is 0 Å². The maximum Gasteiger partial charge on any atom is 0.328 e. The number of carbonyl (C=O) groups is 1. The third-order valence-corrected chi connectivity index (χ3v) is 2.35. The number of nitrogens with zero attached hydrogens (tertiary/aromatic N) is 1. The fourth-order valence-electron chi connectivity index (χ4n) is 1.44. The summed E-state index contributed by atoms with van der Waals surface area (Å²) in [5.74, 6) is 0.0247. The Kier molecular flexibility index (Phi) is 5.03. The van der Waals surface area contributed by atoms with Crippen LogP contribution in [0.4, 0.5) is 0 Å². The first kappa shape index (κ1) is 14.4. The van der Waals surface area contributed by atoms with Crippen molar-refractivity contribution in [1.29, 1.82) is 0 Å². The van der Waals surface area contributed by atoms with Gasteiger partial charge in [-0.2, -0.15) is 0 Å². The molecule has 0 aliphatic rings. The van der Waals surface area contributed by atoms with E-state index in [0.29, 0.717) is 12.5 Å². The molecule has 18 heavy (non-hydrogen) atoms. The molecule has 0 saturated heterocycles. The molecular weight excluding hydrogens is 236 g/mol. The van der Waals surface area contributed by atoms with Gasteiger partial charge in [0.15, 0.2) is 5.78 Å². The molecule has 0 radical (unpaired) electrons. The highest BCUT2D eigenvalue weighted by atomic mass is 16.5. The summed E-state index contributed by atoms with van der Waals surface area (Å²) in [6.45, 7) is 6.28. The number of ketones is 1. The van der Waals surface area contributed by atoms with Crippen molar-refractivity contribution in [1.82, 2.24) is 9.55 Å². The van der Waals surface area contributed by atoms with Crippen LogP contribution in [0.1, 0.15) is 31.1 Å². The standard InChI is InChI=1S/C12H18N2O4/c1-8(2)7-18-5-4-14-11(16)10(9(3)15)6-13-12(14)17/h6,8H,4-5,7H2,1-3H3,(H,13,17). The van der Waals surface area contributed by atoms with Gasteiger partial charge in [-0.1, -0.05) is 13.8 Å². The second-order valence-electron chi connectivity index (χ2n) is 4.49. The van der Waals surface area contributed by atoms with Crippen molar-refractivity contribution in [3.63, 3.8) is 0 Å². The second kappa shape index (κ2) is 6.30. The number of carbonyl (C=O) groups excluding carboxylic acids is 1. The van der Waals surface area contributed by atoms with Crippen molar-refractivity contribution in [2.24, 2.45) is 5.92 Å². The Morgan fingerprint density at radius 3 is 2.67 bits per heavy atom. The smallest absolute Gasteiger partial charge is 0.328 e. The van der Waals surface area contributed by atoms with Crippen molar-refractivity contribution < 1.29 is 9.53 Å². The molecule has 6 nitrogen and oxygen atoms in total. The van der Waals surface area contributed by atoms with E-state index in [9.17, 15) is 14.4 Å². The van der Waals surface area contributed by atoms with Crippen LogP contribution in [0.3, 0.4) is 0 Å². The molecule has 0 atom stereocenters. The quantitative estimate of drug-likeness (QED) is 0.589. The van der Waals surface area contributed by atoms with Gasteiger partial charge in [0.2, 0.25) is 0 Å². The lowest BCUT2D eigenvalue weighted by atomic mass is 10.2. The zero-order chi connectivity index (χ0) is 13.7. The summed E-state index contributed by atoms with van der Waals surface area (Å²) in [6.07, 6.45) is 1.15. The lowest BCUT2D eigenvalue weighted by molar-refractivity contribution is 0.0992. The topological polar surface area (TPSA) is 81.2 Å². The minimum Gasteiger partial charge on any atom is -0.379 e. The molecule has 1 rings (SSSR count). The first-order chi connectivity index (χ1) is 8.43. The van der Waals surface area contributed by atoms with Crippen LogP contribution >= 0.6 is 0 Å². The third kappa shape index (κ3) is 3.66. The number of Topliss-reactive ketones (excluding diaryl/α,β-unsaturated/α-hetero) is 1. The summed E-state index contributed by atoms with van der Waals surface area (Å²) in [4.78, 5) is 36.9. The minimum absolute atomic E-state index is 0.0153. The minimum atomic E-state index is -0.570. The van der Waals surface area contributed by atoms with Crippen LogP contribution in [-0.2, 0) is 11.3 Å². The van der Waals surface area contributed by atoms with Gasteiger partial charge in [0, 0.05) is 12.8 Å². The first-order valence-corrected chi connectivity index (χ1v) is 5.84. The zero-order valence-electron chi connectivity index (χ0n) is 10.9. The fraction of sp³-hybridized carbons (Fsp3) is 0.583. The SMILES string of the molecule is CC(=O)c1c[nH]c(=O)n(CCOCC(C)C)c1=O. The Balaban J connectivity index is 2.82. The third-order valence-electron chi connectivity index (χ3n) is 2.35. The van der Waals surface area contributed by atoms with E-state index >= 15 is 0 Å². The molecular formula is C12H18N2O4. The summed E-state index contributed by atoms with van der Waals surface area (Å²) >= 11 is 0. The number of aromatic amines is 1. The molecule has 1 aromatic rings. The number of hydrogen-bond donors (Lipinski definition) is 1. The molecule has 0 aromatic carbocycles. The number of aromatic nitrogens is 2. The Morgan fingerprint density at radius 2 is 2.11 bits per heavy atom. The molecule has 1 N–H and O–H groups in total. The summed E-state index contributed by atoms with van der Waals surface area (Å²) in [5.41, 5.74) is -1.11. The van der Waals surface area contributed by atoms with Gasteiger partial charge >= 0.3 is 5.69 Å². The van der Waals surface area contributed by atoms with Crippen LogP contribution in [0.5, 0.6) is 0 Å². The van der Waals surface area contributed by atoms with E-state index in [1.165, 1.54) is 6.92 Å². The lowest BCUT2D eigenvalue weighted by Crippen LogP contribution is -2.38. The Morgan fingerprint density at radius 1 is 1.44 bits per heavy atom. The molecule has 0 aliphatic carbocycles. The molecule has 1 aromatic heterocycles. The predicted octanol–water partition coefficient (Wildman–Crippen LogP) is 0.412. The van der Waals surface area contributed by atoms with Crippen LogP contribution in [0.2, 0.25) is 0 Å². The van der Waals surface area contributed by atoms with Crippen molar-refractivity contribution in [2.75, 3.05) is 13.2 Å². The largest absolute Gasteiger partial charge is 0.379 e. The zero-order valence-corrected chi connectivity index (χ0v) is 10.9. The molecule has 6 heteroatoms. The van der Waals surface area contributed by atoms with Crippen molar-refractivity contribution in [3.05, 3.63) is 32.6 Å². The van der Waals surface area contributed by atoms with Crippen LogP contribution in [-0.4, -0.2) is 28.5 Å². The highest BCUT2D eigenvalue weighted by Crippen LogP contribution is 1.92. The van der Waals surface area contributed by atoms with E-state index in [4.69, 9.17) is 4.74 Å². The molecule has 0 spiro atoms. The summed E-state index contributed by atoms with van der Waals surface area (Å²) in [5, 5.41) is 0. The fourth-order valence-corrected chi connectivity index (χ4v) is 1.44. The lowest BCUT2D eigenvalue weighted by Gasteiger charge is -2.08. The normalized spacial score (nSPS) is 10.9. The van der Waals surface area contributed by atoms with E-state index in [1.807, 2.05) is 13.8 Å². The molecule has 0 aliphatic heterocycles. The maximum atomic E-state index is 11.8. The van der Waals surface area contributed by atoms with Gasteiger partial charge in [-0.15, -0.1) is 0 Å². The van der Waals surface area contributed by atoms with Gasteiger partial charge in [-0.3, -0.25) is 14.2 Å². The highest BCUT2D eigenvalue weighted by molar-refractivity contribution is 5.93. The van der Waals surface area contributed by atoms with Crippen molar-refractivity contribution >= 4 is 5.78 Å². The van der Waals surface area contributed by atoms with Gasteiger partial charge in [-0.25, -0.2) is 4.79 Å². The predicted molar refractivity (Wildman–Crippen MR) is 67.0 cm³/mol. The van der Waals surface area contributed by atoms with E-state index in [2.05, 4.69) is 4.98 Å². The van der Waals surface area contributed by atoms with Crippen LogP contribution in [0.15, 0.2) is 15.8 Å². The number of hydrogen-bond acceptors (Lipinski definition) is 4. The summed E-state index contributed by atoms with van der Waals surface area (Å²) in [6, 6.07) is 0. The monoisotopic (exact) mass is 254 g/mol. The van der Waals surface area contributed by atoms with E-state index in [0.717, 1.165) is 10.8 Å². The number of rotatable bonds is 6. The van der Waals surface area contributed by atoms with E-state index in [-0.39, 0.29) is 24.5 Å². The molecule has 1 heterocycles. The van der Waals surface area contributed by atoms with Crippen molar-refractivity contribution in [2.45, 2.75) is 27.3 Å². The van der Waals surface area contributed by atoms with Gasteiger partial charge in [-0.05, 0) is 12.8 Å². The Labute approximate surface area is 105 Å². The Hall–Kier alpha value is -1.69. The van der Waals surface area contributed by atoms with Crippen LogP contribution < -0.4 is 11.2 Å². The summed E-state index contributed by atoms with van der Waals surface area (Å²) < 4.78 is 6.30. The van der Waals surface area contributed by atoms with E-state index < -0.39 is 11.2 Å². The maximum absolute atomic E-state index is 11.8. The first-order valence-electron chi connectivity index (χ1n) is 5.84. The van der Waals surface area contributed by atoms with E-state index in [1.54, 1.807) is 0 Å². The molecule has 0 saturated carbocycles. The molecule has 0 fully saturated rings. The molecule has 0 bridgehead atoms. The highest BCUT2D eigenvalue weighted by Gasteiger charge is 2.10. The average molecular weight is 254 g/mol. The Bertz CT molecular complexity index is 528. The van der Waals surface area contributed by atoms with Gasteiger partial charge in [0.05, 0.1) is 18.7 Å². The average Bonchev–Trinajstić information content (AvgIpc) is 2.26. The molecule has 100 valence electrons.